The van der Waals surface area contributed by atoms with Gasteiger partial charge < -0.3 is 0 Å². The third-order valence-corrected chi connectivity index (χ3v) is 2.85. The lowest BCUT2D eigenvalue weighted by molar-refractivity contribution is -0.116. The van der Waals surface area contributed by atoms with Crippen LogP contribution >= 0.6 is 35.8 Å². The highest BCUT2D eigenvalue weighted by molar-refractivity contribution is 7.80. The Kier molecular flexibility index (Phi) is 4.79. The zero-order valence-electron chi connectivity index (χ0n) is 7.46. The minimum Gasteiger partial charge on any atom is -0.298 e. The Labute approximate surface area is 98.8 Å². The summed E-state index contributed by atoms with van der Waals surface area (Å²) in [5, 5.41) is 0. The predicted octanol–water partition coefficient (Wildman–Crippen LogP) is 3.06. The second-order valence-electron chi connectivity index (χ2n) is 2.95. The molecule has 14 heavy (non-hydrogen) atoms. The smallest absolute Gasteiger partial charge is 0.151 e. The number of halogens is 2. The van der Waals surface area contributed by atoms with Crippen molar-refractivity contribution in [3.05, 3.63) is 29.3 Å². The topological polar surface area (TPSA) is 17.1 Å². The van der Waals surface area contributed by atoms with Crippen LogP contribution in [-0.4, -0.2) is 11.7 Å². The number of Topliss-reactive ketones (excluding diaryl/α,β-unsaturated/α-hetero) is 1. The fourth-order valence-corrected chi connectivity index (χ4v) is 1.85. The molecule has 1 aromatic carbocycles. The van der Waals surface area contributed by atoms with Crippen LogP contribution in [0, 0.1) is 0 Å². The number of thiol groups is 1. The lowest BCUT2D eigenvalue weighted by Crippen LogP contribution is -2.03. The molecule has 0 saturated heterocycles. The van der Waals surface area contributed by atoms with E-state index in [0.717, 1.165) is 16.0 Å². The molecule has 0 aliphatic rings. The standard InChI is InChI=1S/C10H10Cl2OS/c11-5-8-2-1-7(4-10(8)14)3-9(13)6-12/h1-2,4,14H,3,5-6H2. The zero-order valence-corrected chi connectivity index (χ0v) is 9.87. The van der Waals surface area contributed by atoms with Gasteiger partial charge in [-0.05, 0) is 17.2 Å². The van der Waals surface area contributed by atoms with Gasteiger partial charge in [0.2, 0.25) is 0 Å². The van der Waals surface area contributed by atoms with E-state index in [1.807, 2.05) is 18.2 Å². The summed E-state index contributed by atoms with van der Waals surface area (Å²) >= 11 is 15.4. The van der Waals surface area contributed by atoms with Gasteiger partial charge in [0.15, 0.2) is 5.78 Å². The van der Waals surface area contributed by atoms with E-state index in [1.54, 1.807) is 0 Å². The molecule has 0 fully saturated rings. The average Bonchev–Trinajstić information content (AvgIpc) is 2.18. The van der Waals surface area contributed by atoms with Crippen LogP contribution in [0.4, 0.5) is 0 Å². The first-order valence-electron chi connectivity index (χ1n) is 4.11. The molecule has 0 N–H and O–H groups in total. The fourth-order valence-electron chi connectivity index (χ4n) is 1.11. The maximum absolute atomic E-state index is 11.1. The average molecular weight is 249 g/mol. The van der Waals surface area contributed by atoms with E-state index >= 15 is 0 Å². The van der Waals surface area contributed by atoms with Gasteiger partial charge in [0.1, 0.15) is 0 Å². The number of hydrogen-bond donors (Lipinski definition) is 1. The van der Waals surface area contributed by atoms with Gasteiger partial charge in [0.25, 0.3) is 0 Å². The molecule has 0 aliphatic carbocycles. The van der Waals surface area contributed by atoms with Crippen molar-refractivity contribution in [2.45, 2.75) is 17.2 Å². The first-order valence-corrected chi connectivity index (χ1v) is 5.63. The number of ketones is 1. The molecule has 0 radical (unpaired) electrons. The van der Waals surface area contributed by atoms with Crippen LogP contribution in [0.3, 0.4) is 0 Å². The van der Waals surface area contributed by atoms with Crippen molar-refractivity contribution in [1.82, 2.24) is 0 Å². The normalized spacial score (nSPS) is 10.2. The van der Waals surface area contributed by atoms with Crippen molar-refractivity contribution in [1.29, 1.82) is 0 Å². The van der Waals surface area contributed by atoms with E-state index < -0.39 is 0 Å². The lowest BCUT2D eigenvalue weighted by Gasteiger charge is -2.04. The Hall–Kier alpha value is -0.180. The van der Waals surface area contributed by atoms with Crippen LogP contribution in [0.2, 0.25) is 0 Å². The molecule has 76 valence electrons. The van der Waals surface area contributed by atoms with Gasteiger partial charge in [-0.25, -0.2) is 0 Å². The second-order valence-corrected chi connectivity index (χ2v) is 3.96. The lowest BCUT2D eigenvalue weighted by atomic mass is 10.1. The highest BCUT2D eigenvalue weighted by Gasteiger charge is 2.04. The molecule has 1 aromatic rings. The van der Waals surface area contributed by atoms with Crippen LogP contribution in [0.15, 0.2) is 23.1 Å². The number of carbonyl (C=O) groups excluding carboxylic acids is 1. The van der Waals surface area contributed by atoms with Gasteiger partial charge in [0.05, 0.1) is 5.88 Å². The fraction of sp³-hybridized carbons (Fsp3) is 0.300. The largest absolute Gasteiger partial charge is 0.298 e. The van der Waals surface area contributed by atoms with Gasteiger partial charge in [0, 0.05) is 17.2 Å². The first-order chi connectivity index (χ1) is 6.67. The van der Waals surface area contributed by atoms with Gasteiger partial charge >= 0.3 is 0 Å². The molecule has 0 unspecified atom stereocenters. The Morgan fingerprint density at radius 2 is 2.07 bits per heavy atom. The molecule has 0 spiro atoms. The summed E-state index contributed by atoms with van der Waals surface area (Å²) in [7, 11) is 0. The van der Waals surface area contributed by atoms with E-state index in [-0.39, 0.29) is 11.7 Å². The highest BCUT2D eigenvalue weighted by Crippen LogP contribution is 2.18. The summed E-state index contributed by atoms with van der Waals surface area (Å²) in [6, 6.07) is 5.61. The van der Waals surface area contributed by atoms with Crippen molar-refractivity contribution in [3.63, 3.8) is 0 Å². The van der Waals surface area contributed by atoms with Crippen molar-refractivity contribution in [3.8, 4) is 0 Å². The third kappa shape index (κ3) is 3.19. The Morgan fingerprint density at radius 3 is 2.57 bits per heavy atom. The van der Waals surface area contributed by atoms with Gasteiger partial charge in [-0.2, -0.15) is 0 Å². The Morgan fingerprint density at radius 1 is 1.36 bits per heavy atom. The summed E-state index contributed by atoms with van der Waals surface area (Å²) in [5.41, 5.74) is 1.89. The predicted molar refractivity (Wildman–Crippen MR) is 62.7 cm³/mol. The van der Waals surface area contributed by atoms with E-state index in [9.17, 15) is 4.79 Å². The maximum Gasteiger partial charge on any atom is 0.151 e. The quantitative estimate of drug-likeness (QED) is 0.641. The van der Waals surface area contributed by atoms with Crippen LogP contribution in [0.1, 0.15) is 11.1 Å². The van der Waals surface area contributed by atoms with E-state index in [4.69, 9.17) is 23.2 Å². The molecule has 0 aromatic heterocycles. The van der Waals surface area contributed by atoms with E-state index in [0.29, 0.717) is 12.3 Å². The van der Waals surface area contributed by atoms with Crippen LogP contribution in [-0.2, 0) is 17.1 Å². The Balaban J connectivity index is 2.81. The maximum atomic E-state index is 11.1. The number of hydrogen-bond acceptors (Lipinski definition) is 2. The molecule has 0 bridgehead atoms. The molecular weight excluding hydrogens is 239 g/mol. The molecule has 0 atom stereocenters. The van der Waals surface area contributed by atoms with Crippen molar-refractivity contribution in [2.24, 2.45) is 0 Å². The molecular formula is C10H10Cl2OS. The van der Waals surface area contributed by atoms with Crippen LogP contribution in [0.5, 0.6) is 0 Å². The van der Waals surface area contributed by atoms with Gasteiger partial charge in [-0.15, -0.1) is 35.8 Å². The molecule has 0 saturated carbocycles. The summed E-state index contributed by atoms with van der Waals surface area (Å²) in [4.78, 5) is 11.9. The summed E-state index contributed by atoms with van der Waals surface area (Å²) < 4.78 is 0. The SMILES string of the molecule is O=C(CCl)Cc1ccc(CCl)c(S)c1. The van der Waals surface area contributed by atoms with Crippen molar-refractivity contribution in [2.75, 3.05) is 5.88 Å². The minimum absolute atomic E-state index is 0.0121. The molecule has 1 nitrogen and oxygen atoms in total. The molecule has 0 heterocycles. The van der Waals surface area contributed by atoms with E-state index in [2.05, 4.69) is 12.6 Å². The Bertz CT molecular complexity index is 339. The number of carbonyl (C=O) groups is 1. The molecule has 4 heteroatoms. The van der Waals surface area contributed by atoms with Crippen molar-refractivity contribution >= 4 is 41.6 Å². The summed E-state index contributed by atoms with van der Waals surface area (Å²) in [5.74, 6) is 0.500. The molecule has 0 aliphatic heterocycles. The zero-order chi connectivity index (χ0) is 10.6. The van der Waals surface area contributed by atoms with Crippen LogP contribution in [0.25, 0.3) is 0 Å². The highest BCUT2D eigenvalue weighted by atomic mass is 35.5. The van der Waals surface area contributed by atoms with Gasteiger partial charge in [-0.3, -0.25) is 4.79 Å². The molecule has 1 rings (SSSR count). The summed E-state index contributed by atoms with van der Waals surface area (Å²) in [6.45, 7) is 0. The first kappa shape index (κ1) is 11.9. The number of rotatable bonds is 4. The van der Waals surface area contributed by atoms with Gasteiger partial charge in [-0.1, -0.05) is 12.1 Å². The number of benzene rings is 1. The van der Waals surface area contributed by atoms with Crippen molar-refractivity contribution < 1.29 is 4.79 Å². The third-order valence-electron chi connectivity index (χ3n) is 1.84. The number of alkyl halides is 2. The summed E-state index contributed by atoms with van der Waals surface area (Å²) in [6.07, 6.45) is 0.361. The van der Waals surface area contributed by atoms with Crippen LogP contribution < -0.4 is 0 Å². The molecule has 0 amide bonds. The second kappa shape index (κ2) is 5.64. The monoisotopic (exact) mass is 248 g/mol. The minimum atomic E-state index is 0.0121. The van der Waals surface area contributed by atoms with E-state index in [1.165, 1.54) is 0 Å².